The third-order valence-corrected chi connectivity index (χ3v) is 4.36. The Labute approximate surface area is 172 Å². The summed E-state index contributed by atoms with van der Waals surface area (Å²) in [5, 5.41) is -5.96. The van der Waals surface area contributed by atoms with Crippen molar-refractivity contribution in [1.82, 2.24) is 0 Å². The van der Waals surface area contributed by atoms with Gasteiger partial charge < -0.3 is 18.8 Å². The Hall–Kier alpha value is -1.94. The van der Waals surface area contributed by atoms with Crippen LogP contribution in [0, 0.1) is 0 Å². The average molecular weight is 491 g/mol. The molecule has 31 heavy (non-hydrogen) atoms. The molecule has 0 bridgehead atoms. The van der Waals surface area contributed by atoms with Crippen LogP contribution in [0.2, 0.25) is 0 Å². The molecule has 1 atom stereocenters. The van der Waals surface area contributed by atoms with Crippen molar-refractivity contribution in [3.8, 4) is 0 Å². The molecule has 0 rings (SSSR count). The van der Waals surface area contributed by atoms with E-state index in [0.29, 0.717) is 0 Å². The van der Waals surface area contributed by atoms with Crippen LogP contribution in [0.25, 0.3) is 0 Å². The molecule has 0 amide bonds. The number of rotatable bonds is 12. The van der Waals surface area contributed by atoms with E-state index in [0.717, 1.165) is 13.8 Å². The van der Waals surface area contributed by atoms with Crippen LogP contribution in [0.3, 0.4) is 0 Å². The normalized spacial score (nSPS) is 15.2. The molecule has 0 aromatic rings. The molecule has 0 N–H and O–H groups in total. The number of halogens is 7. The van der Waals surface area contributed by atoms with E-state index in [1.54, 1.807) is 0 Å². The smallest absolute Gasteiger partial charge is 0.468 e. The van der Waals surface area contributed by atoms with Crippen LogP contribution in [-0.4, -0.2) is 61.3 Å². The second-order valence-corrected chi connectivity index (χ2v) is 7.41. The number of alkyl halides is 7. The Morgan fingerprint density at radius 3 is 1.94 bits per heavy atom. The summed E-state index contributed by atoms with van der Waals surface area (Å²) in [7, 11) is -6.72. The van der Waals surface area contributed by atoms with E-state index in [9.17, 15) is 53.3 Å². The zero-order chi connectivity index (χ0) is 24.9. The van der Waals surface area contributed by atoms with Crippen LogP contribution in [-0.2, 0) is 33.9 Å². The monoisotopic (exact) mass is 491 g/mol. The fraction of sp³-hybridized carbons (Fsp3) is 0.733. The second-order valence-electron chi connectivity index (χ2n) is 5.99. The minimum Gasteiger partial charge on any atom is -0.743 e. The van der Waals surface area contributed by atoms with Crippen molar-refractivity contribution in [2.24, 2.45) is 0 Å². The van der Waals surface area contributed by atoms with E-state index in [1.165, 1.54) is 0 Å². The predicted molar refractivity (Wildman–Crippen MR) is 85.7 cm³/mol. The van der Waals surface area contributed by atoms with Gasteiger partial charge in [-0.3, -0.25) is 0 Å². The van der Waals surface area contributed by atoms with E-state index in [1.807, 2.05) is 0 Å². The van der Waals surface area contributed by atoms with Gasteiger partial charge in [-0.15, -0.1) is 0 Å². The van der Waals surface area contributed by atoms with Gasteiger partial charge in [-0.1, -0.05) is 6.58 Å². The van der Waals surface area contributed by atoms with Gasteiger partial charge in [0.1, 0.15) is 0 Å². The molecule has 0 heterocycles. The van der Waals surface area contributed by atoms with E-state index in [2.05, 4.69) is 20.8 Å². The van der Waals surface area contributed by atoms with Gasteiger partial charge in [0, 0.05) is 12.0 Å². The van der Waals surface area contributed by atoms with Gasteiger partial charge >= 0.3 is 35.1 Å². The van der Waals surface area contributed by atoms with Crippen molar-refractivity contribution in [2.75, 3.05) is 13.2 Å². The molecule has 0 aliphatic rings. The number of unbranched alkanes of at least 4 members (excludes halogenated alkanes) is 1. The molecule has 8 nitrogen and oxygen atoms in total. The van der Waals surface area contributed by atoms with Crippen LogP contribution in [0.4, 0.5) is 30.7 Å². The Morgan fingerprint density at radius 2 is 1.55 bits per heavy atom. The van der Waals surface area contributed by atoms with Crippen LogP contribution < -0.4 is 0 Å². The van der Waals surface area contributed by atoms with Gasteiger partial charge in [-0.25, -0.2) is 18.0 Å². The van der Waals surface area contributed by atoms with Gasteiger partial charge in [-0.2, -0.15) is 30.7 Å². The third kappa shape index (κ3) is 6.77. The van der Waals surface area contributed by atoms with Gasteiger partial charge in [0.2, 0.25) is 0 Å². The summed E-state index contributed by atoms with van der Waals surface area (Å²) in [6.45, 7) is 3.25. The van der Waals surface area contributed by atoms with Gasteiger partial charge in [0.05, 0.1) is 13.2 Å². The van der Waals surface area contributed by atoms with E-state index < -0.39 is 83.2 Å². The lowest BCUT2D eigenvalue weighted by Gasteiger charge is -2.32. The van der Waals surface area contributed by atoms with E-state index >= 15 is 0 Å². The molecule has 16 heteroatoms. The van der Waals surface area contributed by atoms with Crippen molar-refractivity contribution in [1.29, 1.82) is 0 Å². The van der Waals surface area contributed by atoms with E-state index in [-0.39, 0.29) is 0 Å². The summed E-state index contributed by atoms with van der Waals surface area (Å²) in [4.78, 5) is 23.4. The van der Waals surface area contributed by atoms with Gasteiger partial charge in [0.25, 0.3) is 0 Å². The standard InChI is InChI=1S/C15H19F7O8S/c1-4-28-11(24)13(14(18,19)20,30-10(23)9(2)3)29-8-6-5-7-12(16,17)15(21,22)31(25,26)27/h2,4-8H2,1,3H3,(H,25,26,27)/p-1. The summed E-state index contributed by atoms with van der Waals surface area (Å²) >= 11 is 0. The molecular weight excluding hydrogens is 473 g/mol. The van der Waals surface area contributed by atoms with Crippen molar-refractivity contribution in [3.05, 3.63) is 12.2 Å². The predicted octanol–water partition coefficient (Wildman–Crippen LogP) is 2.89. The largest absolute Gasteiger partial charge is 0.743 e. The first-order chi connectivity index (χ1) is 13.8. The van der Waals surface area contributed by atoms with Crippen molar-refractivity contribution in [2.45, 2.75) is 56.3 Å². The third-order valence-electron chi connectivity index (χ3n) is 3.43. The lowest BCUT2D eigenvalue weighted by molar-refractivity contribution is -0.354. The van der Waals surface area contributed by atoms with Crippen LogP contribution in [0.1, 0.15) is 33.1 Å². The molecule has 0 aliphatic carbocycles. The lowest BCUT2D eigenvalue weighted by atomic mass is 10.1. The SMILES string of the molecule is C=C(C)C(=O)OC(OCCCCC(F)(F)C(F)(F)S(=O)(=O)[O-])(C(=O)OCC)C(F)(F)F. The molecule has 0 aliphatic heterocycles. The maximum absolute atomic E-state index is 13.5. The maximum atomic E-state index is 13.5. The zero-order valence-electron chi connectivity index (χ0n) is 16.1. The minimum absolute atomic E-state index is 0.567. The average Bonchev–Trinajstić information content (AvgIpc) is 2.57. The number of hydrogen-bond acceptors (Lipinski definition) is 8. The molecule has 182 valence electrons. The summed E-state index contributed by atoms with van der Waals surface area (Å²) in [5.41, 5.74) is -0.567. The molecule has 0 fully saturated rings. The summed E-state index contributed by atoms with van der Waals surface area (Å²) < 4.78 is 137. The van der Waals surface area contributed by atoms with Gasteiger partial charge in [-0.05, 0) is 26.7 Å². The minimum atomic E-state index is -6.72. The Morgan fingerprint density at radius 1 is 1.03 bits per heavy atom. The van der Waals surface area contributed by atoms with E-state index in [4.69, 9.17) is 0 Å². The Bertz CT molecular complexity index is 779. The summed E-state index contributed by atoms with van der Waals surface area (Å²) in [6.07, 6.45) is -9.57. The molecule has 0 aromatic carbocycles. The Balaban J connectivity index is 5.44. The first-order valence-electron chi connectivity index (χ1n) is 8.24. The zero-order valence-corrected chi connectivity index (χ0v) is 16.9. The highest BCUT2D eigenvalue weighted by molar-refractivity contribution is 7.86. The Kier molecular flexibility index (Phi) is 9.49. The van der Waals surface area contributed by atoms with Gasteiger partial charge in [0.15, 0.2) is 10.1 Å². The molecular formula is C15H18F7O8S-. The lowest BCUT2D eigenvalue weighted by Crippen LogP contribution is -2.58. The number of hydrogen-bond donors (Lipinski definition) is 0. The fourth-order valence-corrected chi connectivity index (χ4v) is 2.29. The van der Waals surface area contributed by atoms with Crippen LogP contribution in [0.15, 0.2) is 12.2 Å². The summed E-state index contributed by atoms with van der Waals surface area (Å²) in [5.74, 6) is -13.5. The van der Waals surface area contributed by atoms with Crippen LogP contribution in [0.5, 0.6) is 0 Å². The maximum Gasteiger partial charge on any atom is 0.468 e. The van der Waals surface area contributed by atoms with Crippen molar-refractivity contribution in [3.63, 3.8) is 0 Å². The quantitative estimate of drug-likeness (QED) is 0.102. The highest BCUT2D eigenvalue weighted by atomic mass is 32.2. The van der Waals surface area contributed by atoms with Crippen molar-refractivity contribution < 1.29 is 67.5 Å². The highest BCUT2D eigenvalue weighted by Gasteiger charge is 2.68. The number of ether oxygens (including phenoxy) is 3. The van der Waals surface area contributed by atoms with Crippen LogP contribution >= 0.6 is 0 Å². The molecule has 0 radical (unpaired) electrons. The highest BCUT2D eigenvalue weighted by Crippen LogP contribution is 2.42. The first-order valence-corrected chi connectivity index (χ1v) is 9.65. The molecule has 0 saturated heterocycles. The molecule has 1 unspecified atom stereocenters. The molecule has 0 spiro atoms. The first kappa shape index (κ1) is 29.1. The number of carbonyl (C=O) groups excluding carboxylic acids is 2. The topological polar surface area (TPSA) is 119 Å². The molecule has 0 aromatic heterocycles. The summed E-state index contributed by atoms with van der Waals surface area (Å²) in [6, 6.07) is 0. The second kappa shape index (κ2) is 10.1. The number of carbonyl (C=O) groups is 2. The van der Waals surface area contributed by atoms with Crippen molar-refractivity contribution >= 4 is 22.1 Å². The fourth-order valence-electron chi connectivity index (χ4n) is 1.82. The molecule has 0 saturated carbocycles. The number of esters is 2.